The Bertz CT molecular complexity index is 347. The van der Waals surface area contributed by atoms with E-state index < -0.39 is 5.82 Å². The van der Waals surface area contributed by atoms with Crippen molar-refractivity contribution in [1.29, 1.82) is 5.26 Å². The van der Waals surface area contributed by atoms with Gasteiger partial charge in [0.2, 0.25) is 0 Å². The van der Waals surface area contributed by atoms with Gasteiger partial charge in [-0.1, -0.05) is 18.2 Å². The van der Waals surface area contributed by atoms with Crippen LogP contribution in [-0.4, -0.2) is 0 Å². The zero-order chi connectivity index (χ0) is 8.97. The molecule has 0 aromatic heterocycles. The molecule has 0 amide bonds. The lowest BCUT2D eigenvalue weighted by atomic mass is 10.1. The highest BCUT2D eigenvalue weighted by Gasteiger charge is 1.99. The molecule has 0 unspecified atom stereocenters. The Morgan fingerprint density at radius 1 is 1.50 bits per heavy atom. The normalized spacial score (nSPS) is 10.1. The monoisotopic (exact) mass is 160 g/mol. The summed E-state index contributed by atoms with van der Waals surface area (Å²) in [6.07, 6.45) is 3.30. The van der Waals surface area contributed by atoms with Crippen LogP contribution in [0.5, 0.6) is 0 Å². The van der Waals surface area contributed by atoms with Crippen molar-refractivity contribution in [2.75, 3.05) is 0 Å². The summed E-state index contributed by atoms with van der Waals surface area (Å²) < 4.78 is 12.7. The molecule has 0 spiro atoms. The highest BCUT2D eigenvalue weighted by atomic mass is 19.1. The number of hydrogen-bond donors (Lipinski definition) is 0. The van der Waals surface area contributed by atoms with Crippen molar-refractivity contribution < 1.29 is 4.39 Å². The van der Waals surface area contributed by atoms with Crippen molar-refractivity contribution in [1.82, 2.24) is 0 Å². The summed E-state index contributed by atoms with van der Waals surface area (Å²) in [6.45, 7) is 3.50. The maximum atomic E-state index is 12.7. The molecular weight excluding hydrogens is 153 g/mol. The summed E-state index contributed by atoms with van der Waals surface area (Å²) in [6, 6.07) is 6.11. The van der Waals surface area contributed by atoms with E-state index in [4.69, 9.17) is 5.26 Å². The summed E-state index contributed by atoms with van der Waals surface area (Å²) >= 11 is 0. The van der Waals surface area contributed by atoms with Crippen LogP contribution < -0.4 is 0 Å². The average molecular weight is 160 g/mol. The van der Waals surface area contributed by atoms with Gasteiger partial charge in [-0.05, 0) is 24.6 Å². The minimum atomic E-state index is -0.487. The molecule has 0 aliphatic rings. The van der Waals surface area contributed by atoms with Gasteiger partial charge in [-0.2, -0.15) is 5.26 Å². The third-order valence-electron chi connectivity index (χ3n) is 1.42. The maximum Gasteiger partial charge on any atom is 0.140 e. The summed E-state index contributed by atoms with van der Waals surface area (Å²) in [4.78, 5) is 0. The van der Waals surface area contributed by atoms with Crippen LogP contribution in [0.1, 0.15) is 11.1 Å². The SMILES string of the molecule is [CH2]/C=C/c1ccc(F)c(C#N)c1. The Balaban J connectivity index is 3.16. The lowest BCUT2D eigenvalue weighted by Crippen LogP contribution is -1.83. The van der Waals surface area contributed by atoms with E-state index in [1.165, 1.54) is 12.1 Å². The van der Waals surface area contributed by atoms with E-state index in [0.29, 0.717) is 0 Å². The topological polar surface area (TPSA) is 23.8 Å². The van der Waals surface area contributed by atoms with E-state index in [1.807, 2.05) is 0 Å². The Kier molecular flexibility index (Phi) is 2.60. The number of allylic oxidation sites excluding steroid dienone is 1. The summed E-state index contributed by atoms with van der Waals surface area (Å²) in [5.74, 6) is -0.487. The molecule has 0 aliphatic carbocycles. The van der Waals surface area contributed by atoms with Gasteiger partial charge in [0.15, 0.2) is 0 Å². The lowest BCUT2D eigenvalue weighted by Gasteiger charge is -1.94. The summed E-state index contributed by atoms with van der Waals surface area (Å²) in [5, 5.41) is 8.48. The fourth-order valence-electron chi connectivity index (χ4n) is 0.868. The molecule has 0 N–H and O–H groups in total. The second-order valence-electron chi connectivity index (χ2n) is 2.25. The van der Waals surface area contributed by atoms with Crippen LogP contribution in [-0.2, 0) is 0 Å². The van der Waals surface area contributed by atoms with E-state index in [9.17, 15) is 4.39 Å². The molecule has 0 aliphatic heterocycles. The van der Waals surface area contributed by atoms with Gasteiger partial charge in [0, 0.05) is 0 Å². The predicted octanol–water partition coefficient (Wildman–Crippen LogP) is 2.54. The molecule has 1 rings (SSSR count). The van der Waals surface area contributed by atoms with Gasteiger partial charge in [-0.25, -0.2) is 4.39 Å². The van der Waals surface area contributed by atoms with Gasteiger partial charge in [-0.15, -0.1) is 0 Å². The van der Waals surface area contributed by atoms with Crippen LogP contribution in [0.2, 0.25) is 0 Å². The van der Waals surface area contributed by atoms with Crippen LogP contribution >= 0.6 is 0 Å². The molecule has 12 heavy (non-hydrogen) atoms. The molecule has 59 valence electrons. The van der Waals surface area contributed by atoms with Gasteiger partial charge in [-0.3, -0.25) is 0 Å². The first kappa shape index (κ1) is 8.48. The van der Waals surface area contributed by atoms with Crippen molar-refractivity contribution in [3.63, 3.8) is 0 Å². The largest absolute Gasteiger partial charge is 0.206 e. The van der Waals surface area contributed by atoms with Crippen LogP contribution in [0.25, 0.3) is 6.08 Å². The molecule has 0 atom stereocenters. The van der Waals surface area contributed by atoms with Gasteiger partial charge >= 0.3 is 0 Å². The van der Waals surface area contributed by atoms with E-state index in [2.05, 4.69) is 6.92 Å². The third-order valence-corrected chi connectivity index (χ3v) is 1.42. The Morgan fingerprint density at radius 3 is 2.83 bits per heavy atom. The Labute approximate surface area is 70.8 Å². The first-order valence-corrected chi connectivity index (χ1v) is 3.43. The van der Waals surface area contributed by atoms with Gasteiger partial charge in [0.25, 0.3) is 0 Å². The van der Waals surface area contributed by atoms with Gasteiger partial charge < -0.3 is 0 Å². The van der Waals surface area contributed by atoms with Gasteiger partial charge in [0.1, 0.15) is 11.9 Å². The first-order valence-electron chi connectivity index (χ1n) is 3.43. The number of benzene rings is 1. The fraction of sp³-hybridized carbons (Fsp3) is 0. The molecule has 2 heteroatoms. The number of nitrogens with zero attached hydrogens (tertiary/aromatic N) is 1. The minimum absolute atomic E-state index is 0.0607. The van der Waals surface area contributed by atoms with E-state index in [1.54, 1.807) is 24.3 Å². The van der Waals surface area contributed by atoms with Crippen molar-refractivity contribution in [2.45, 2.75) is 0 Å². The molecule has 1 nitrogen and oxygen atoms in total. The highest BCUT2D eigenvalue weighted by molar-refractivity contribution is 5.52. The van der Waals surface area contributed by atoms with Crippen LogP contribution in [0.15, 0.2) is 24.3 Å². The van der Waals surface area contributed by atoms with E-state index in [0.717, 1.165) is 5.56 Å². The predicted molar refractivity (Wildman–Crippen MR) is 45.5 cm³/mol. The van der Waals surface area contributed by atoms with Gasteiger partial charge in [0.05, 0.1) is 5.56 Å². The van der Waals surface area contributed by atoms with E-state index >= 15 is 0 Å². The highest BCUT2D eigenvalue weighted by Crippen LogP contribution is 2.10. The van der Waals surface area contributed by atoms with Crippen molar-refractivity contribution >= 4 is 6.08 Å². The molecule has 0 saturated heterocycles. The molecule has 1 radical (unpaired) electrons. The van der Waals surface area contributed by atoms with Crippen molar-refractivity contribution in [3.05, 3.63) is 48.1 Å². The molecule has 0 fully saturated rings. The molecule has 0 saturated carbocycles. The van der Waals surface area contributed by atoms with E-state index in [-0.39, 0.29) is 5.56 Å². The molecule has 0 heterocycles. The third kappa shape index (κ3) is 1.70. The quantitative estimate of drug-likeness (QED) is 0.619. The zero-order valence-corrected chi connectivity index (χ0v) is 6.42. The van der Waals surface area contributed by atoms with Crippen LogP contribution in [0.4, 0.5) is 4.39 Å². The standard InChI is InChI=1S/C10H7FN/c1-2-3-8-4-5-10(11)9(6-8)7-12/h2-6H,1H2/b3-2+. The number of halogens is 1. The maximum absolute atomic E-state index is 12.7. The Hall–Kier alpha value is -1.62. The average Bonchev–Trinajstić information content (AvgIpc) is 2.09. The van der Waals surface area contributed by atoms with Crippen molar-refractivity contribution in [2.24, 2.45) is 0 Å². The lowest BCUT2D eigenvalue weighted by molar-refractivity contribution is 0.624. The number of nitriles is 1. The Morgan fingerprint density at radius 2 is 2.25 bits per heavy atom. The number of hydrogen-bond acceptors (Lipinski definition) is 1. The first-order chi connectivity index (χ1) is 5.77. The molecule has 0 bridgehead atoms. The molecule has 1 aromatic carbocycles. The summed E-state index contributed by atoms with van der Waals surface area (Å²) in [7, 11) is 0. The fourth-order valence-corrected chi connectivity index (χ4v) is 0.868. The second kappa shape index (κ2) is 3.68. The minimum Gasteiger partial charge on any atom is -0.206 e. The smallest absolute Gasteiger partial charge is 0.140 e. The number of rotatable bonds is 1. The molecular formula is C10H7FN. The van der Waals surface area contributed by atoms with Crippen LogP contribution in [0.3, 0.4) is 0 Å². The second-order valence-corrected chi connectivity index (χ2v) is 2.25. The van der Waals surface area contributed by atoms with Crippen LogP contribution in [0, 0.1) is 24.1 Å². The zero-order valence-electron chi connectivity index (χ0n) is 6.42. The molecule has 1 aromatic rings. The summed E-state index contributed by atoms with van der Waals surface area (Å²) in [5.41, 5.74) is 0.841. The van der Waals surface area contributed by atoms with Crippen molar-refractivity contribution in [3.8, 4) is 6.07 Å².